The summed E-state index contributed by atoms with van der Waals surface area (Å²) in [4.78, 5) is 0. The molecule has 0 atom stereocenters. The maximum atomic E-state index is 3.58. The van der Waals surface area contributed by atoms with Gasteiger partial charge in [-0.05, 0) is 0 Å². The van der Waals surface area contributed by atoms with E-state index in [0.29, 0.717) is 0 Å². The molecular formula is C6H10CuS. The molecule has 0 aromatic heterocycles. The van der Waals surface area contributed by atoms with E-state index in [-0.39, 0.29) is 17.1 Å². The number of thioether (sulfide) groups is 1. The fourth-order valence-corrected chi connectivity index (χ4v) is 0.704. The van der Waals surface area contributed by atoms with Gasteiger partial charge in [0.15, 0.2) is 0 Å². The van der Waals surface area contributed by atoms with Crippen molar-refractivity contribution in [1.29, 1.82) is 0 Å². The van der Waals surface area contributed by atoms with Crippen LogP contribution in [0.2, 0.25) is 0 Å². The first-order chi connectivity index (χ1) is 3.41. The van der Waals surface area contributed by atoms with E-state index < -0.39 is 0 Å². The van der Waals surface area contributed by atoms with Gasteiger partial charge in [-0.1, -0.05) is 12.2 Å². The average molecular weight is 178 g/mol. The van der Waals surface area contributed by atoms with E-state index in [1.807, 2.05) is 23.9 Å². The quantitative estimate of drug-likeness (QED) is 0.360. The SMILES string of the molecule is C=CCSCC=C.[Cu]. The third-order valence-corrected chi connectivity index (χ3v) is 1.41. The maximum Gasteiger partial charge on any atom is 0.0113 e. The van der Waals surface area contributed by atoms with Crippen molar-refractivity contribution in [3.63, 3.8) is 0 Å². The Morgan fingerprint density at radius 1 is 1.12 bits per heavy atom. The van der Waals surface area contributed by atoms with E-state index in [1.165, 1.54) is 0 Å². The Bertz CT molecular complexity index is 53.5. The summed E-state index contributed by atoms with van der Waals surface area (Å²) in [6, 6.07) is 0. The smallest absolute Gasteiger partial charge is 0.0113 e. The van der Waals surface area contributed by atoms with Crippen LogP contribution in [0.4, 0.5) is 0 Å². The molecule has 0 aliphatic heterocycles. The van der Waals surface area contributed by atoms with E-state index >= 15 is 0 Å². The van der Waals surface area contributed by atoms with Crippen LogP contribution in [0.25, 0.3) is 0 Å². The molecule has 1 radical (unpaired) electrons. The van der Waals surface area contributed by atoms with Gasteiger partial charge in [-0.25, -0.2) is 0 Å². The predicted octanol–water partition coefficient (Wildman–Crippen LogP) is 2.09. The molecule has 0 N–H and O–H groups in total. The van der Waals surface area contributed by atoms with Gasteiger partial charge in [0.2, 0.25) is 0 Å². The van der Waals surface area contributed by atoms with Crippen molar-refractivity contribution in [2.45, 2.75) is 0 Å². The number of hydrogen-bond acceptors (Lipinski definition) is 1. The fourth-order valence-electron chi connectivity index (χ4n) is 0.235. The van der Waals surface area contributed by atoms with Gasteiger partial charge >= 0.3 is 0 Å². The van der Waals surface area contributed by atoms with Crippen molar-refractivity contribution in [3.8, 4) is 0 Å². The molecule has 8 heavy (non-hydrogen) atoms. The van der Waals surface area contributed by atoms with Gasteiger partial charge in [0, 0.05) is 28.6 Å². The van der Waals surface area contributed by atoms with E-state index in [2.05, 4.69) is 13.2 Å². The second-order valence-electron chi connectivity index (χ2n) is 1.11. The second kappa shape index (κ2) is 10.4. The zero-order valence-electron chi connectivity index (χ0n) is 4.69. The molecule has 0 nitrogen and oxygen atoms in total. The summed E-state index contributed by atoms with van der Waals surface area (Å²) >= 11 is 1.82. The molecule has 0 aliphatic carbocycles. The Kier molecular flexibility index (Phi) is 14.5. The normalized spacial score (nSPS) is 7.00. The van der Waals surface area contributed by atoms with Crippen LogP contribution in [0.1, 0.15) is 0 Å². The fraction of sp³-hybridized carbons (Fsp3) is 0.333. The third-order valence-electron chi connectivity index (χ3n) is 0.471. The molecule has 0 aromatic rings. The standard InChI is InChI=1S/C6H10S.Cu/c1-3-5-7-6-4-2;/h3-4H,1-2,5-6H2;. The van der Waals surface area contributed by atoms with E-state index in [1.54, 1.807) is 0 Å². The van der Waals surface area contributed by atoms with Gasteiger partial charge in [0.05, 0.1) is 0 Å². The van der Waals surface area contributed by atoms with E-state index in [9.17, 15) is 0 Å². The van der Waals surface area contributed by atoms with Crippen molar-refractivity contribution in [2.75, 3.05) is 11.5 Å². The van der Waals surface area contributed by atoms with Crippen LogP contribution in [-0.2, 0) is 17.1 Å². The molecule has 0 spiro atoms. The minimum absolute atomic E-state index is 0. The van der Waals surface area contributed by atoms with E-state index in [0.717, 1.165) is 11.5 Å². The van der Waals surface area contributed by atoms with Crippen LogP contribution in [-0.4, -0.2) is 11.5 Å². The van der Waals surface area contributed by atoms with Crippen molar-refractivity contribution >= 4 is 11.8 Å². The molecule has 51 valence electrons. The number of rotatable bonds is 4. The largest absolute Gasteiger partial charge is 0.154 e. The first kappa shape index (κ1) is 11.2. The summed E-state index contributed by atoms with van der Waals surface area (Å²) < 4.78 is 0. The molecule has 0 aromatic carbocycles. The Hall–Kier alpha value is 0.349. The van der Waals surface area contributed by atoms with Crippen LogP contribution in [0.5, 0.6) is 0 Å². The molecular weight excluding hydrogens is 168 g/mol. The first-order valence-corrected chi connectivity index (χ1v) is 3.37. The summed E-state index contributed by atoms with van der Waals surface area (Å²) in [5.41, 5.74) is 0. The minimum atomic E-state index is 0. The second-order valence-corrected chi connectivity index (χ2v) is 2.19. The molecule has 2 heteroatoms. The van der Waals surface area contributed by atoms with Crippen LogP contribution >= 0.6 is 11.8 Å². The van der Waals surface area contributed by atoms with E-state index in [4.69, 9.17) is 0 Å². The van der Waals surface area contributed by atoms with Gasteiger partial charge in [-0.3, -0.25) is 0 Å². The van der Waals surface area contributed by atoms with Crippen molar-refractivity contribution in [1.82, 2.24) is 0 Å². The van der Waals surface area contributed by atoms with Gasteiger partial charge < -0.3 is 0 Å². The van der Waals surface area contributed by atoms with Crippen LogP contribution in [0, 0.1) is 0 Å². The topological polar surface area (TPSA) is 0 Å². The number of hydrogen-bond donors (Lipinski definition) is 0. The van der Waals surface area contributed by atoms with Gasteiger partial charge in [0.25, 0.3) is 0 Å². The first-order valence-electron chi connectivity index (χ1n) is 2.21. The third kappa shape index (κ3) is 9.60. The molecule has 0 rings (SSSR count). The summed E-state index contributed by atoms with van der Waals surface area (Å²) in [6.45, 7) is 7.15. The van der Waals surface area contributed by atoms with Crippen molar-refractivity contribution in [2.24, 2.45) is 0 Å². The maximum absolute atomic E-state index is 3.58. The monoisotopic (exact) mass is 177 g/mol. The molecule has 0 unspecified atom stereocenters. The van der Waals surface area contributed by atoms with Gasteiger partial charge in [0.1, 0.15) is 0 Å². The Morgan fingerprint density at radius 3 is 1.75 bits per heavy atom. The Labute approximate surface area is 65.9 Å². The molecule has 0 heterocycles. The average Bonchev–Trinajstić information content (AvgIpc) is 1.69. The summed E-state index contributed by atoms with van der Waals surface area (Å²) in [7, 11) is 0. The van der Waals surface area contributed by atoms with Crippen LogP contribution < -0.4 is 0 Å². The van der Waals surface area contributed by atoms with Gasteiger partial charge in [-0.15, -0.1) is 13.2 Å². The van der Waals surface area contributed by atoms with Crippen molar-refractivity contribution < 1.29 is 17.1 Å². The molecule has 0 fully saturated rings. The van der Waals surface area contributed by atoms with Crippen LogP contribution in [0.3, 0.4) is 0 Å². The molecule has 0 saturated carbocycles. The minimum Gasteiger partial charge on any atom is -0.154 e. The summed E-state index contributed by atoms with van der Waals surface area (Å²) in [6.07, 6.45) is 3.79. The zero-order valence-corrected chi connectivity index (χ0v) is 6.45. The van der Waals surface area contributed by atoms with Crippen LogP contribution in [0.15, 0.2) is 25.3 Å². The zero-order chi connectivity index (χ0) is 5.54. The Morgan fingerprint density at radius 2 is 1.50 bits per heavy atom. The van der Waals surface area contributed by atoms with Gasteiger partial charge in [-0.2, -0.15) is 11.8 Å². The summed E-state index contributed by atoms with van der Waals surface area (Å²) in [5, 5.41) is 0. The van der Waals surface area contributed by atoms with Crippen molar-refractivity contribution in [3.05, 3.63) is 25.3 Å². The Balaban J connectivity index is 0. The molecule has 0 amide bonds. The predicted molar refractivity (Wildman–Crippen MR) is 37.7 cm³/mol. The molecule has 0 bridgehead atoms. The molecule has 0 saturated heterocycles. The molecule has 0 aliphatic rings. The summed E-state index contributed by atoms with van der Waals surface area (Å²) in [5.74, 6) is 2.07.